The van der Waals surface area contributed by atoms with Gasteiger partial charge in [0.2, 0.25) is 0 Å². The maximum absolute atomic E-state index is 3.60. The molecule has 2 nitrogen and oxygen atoms in total. The van der Waals surface area contributed by atoms with Gasteiger partial charge in [0.05, 0.1) is 0 Å². The molecule has 0 amide bonds. The summed E-state index contributed by atoms with van der Waals surface area (Å²) in [6.45, 7) is 10.7. The van der Waals surface area contributed by atoms with Crippen molar-refractivity contribution in [2.75, 3.05) is 26.7 Å². The summed E-state index contributed by atoms with van der Waals surface area (Å²) >= 11 is 0. The molecule has 0 saturated carbocycles. The summed E-state index contributed by atoms with van der Waals surface area (Å²) in [4.78, 5) is 2.56. The van der Waals surface area contributed by atoms with E-state index in [-0.39, 0.29) is 0 Å². The summed E-state index contributed by atoms with van der Waals surface area (Å²) in [7, 11) is 2.29. The average molecular weight is 226 g/mol. The van der Waals surface area contributed by atoms with Crippen molar-refractivity contribution in [1.29, 1.82) is 0 Å². The molecule has 2 atom stereocenters. The lowest BCUT2D eigenvalue weighted by Crippen LogP contribution is -2.48. The second kappa shape index (κ2) is 6.61. The Kier molecular flexibility index (Phi) is 5.77. The fourth-order valence-electron chi connectivity index (χ4n) is 2.98. The van der Waals surface area contributed by atoms with Crippen LogP contribution in [0.15, 0.2) is 0 Å². The maximum Gasteiger partial charge on any atom is 0.00614 e. The predicted octanol–water partition coefficient (Wildman–Crippen LogP) is 2.89. The maximum atomic E-state index is 3.60. The normalized spacial score (nSPS) is 28.3. The SMILES string of the molecule is CCCC1(CN(C)C(C)CC)CCCNC1. The molecule has 96 valence electrons. The van der Waals surface area contributed by atoms with E-state index in [4.69, 9.17) is 0 Å². The number of rotatable bonds is 6. The Hall–Kier alpha value is -0.0800. The third-order valence-corrected chi connectivity index (χ3v) is 4.27. The standard InChI is InChI=1S/C14H30N2/c1-5-8-14(9-7-10-15-11-14)12-16(4)13(3)6-2/h13,15H,5-12H2,1-4H3. The molecule has 1 aliphatic rings. The van der Waals surface area contributed by atoms with E-state index in [0.717, 1.165) is 6.04 Å². The molecule has 0 bridgehead atoms. The van der Waals surface area contributed by atoms with E-state index in [0.29, 0.717) is 5.41 Å². The fourth-order valence-corrected chi connectivity index (χ4v) is 2.98. The number of piperidine rings is 1. The minimum atomic E-state index is 0.547. The highest BCUT2D eigenvalue weighted by Crippen LogP contribution is 2.32. The zero-order valence-electron chi connectivity index (χ0n) is 11.7. The van der Waals surface area contributed by atoms with Crippen LogP contribution in [0.1, 0.15) is 52.9 Å². The van der Waals surface area contributed by atoms with Crippen LogP contribution in [0.25, 0.3) is 0 Å². The van der Waals surface area contributed by atoms with Gasteiger partial charge in [-0.1, -0.05) is 20.3 Å². The summed E-state index contributed by atoms with van der Waals surface area (Å²) in [5.41, 5.74) is 0.547. The van der Waals surface area contributed by atoms with E-state index in [1.807, 2.05) is 0 Å². The fraction of sp³-hybridized carbons (Fsp3) is 1.00. The van der Waals surface area contributed by atoms with Gasteiger partial charge in [-0.15, -0.1) is 0 Å². The van der Waals surface area contributed by atoms with E-state index < -0.39 is 0 Å². The Balaban J connectivity index is 2.55. The molecule has 1 heterocycles. The van der Waals surface area contributed by atoms with Crippen LogP contribution in [0.3, 0.4) is 0 Å². The van der Waals surface area contributed by atoms with E-state index in [9.17, 15) is 0 Å². The lowest BCUT2D eigenvalue weighted by atomic mass is 9.76. The van der Waals surface area contributed by atoms with E-state index >= 15 is 0 Å². The van der Waals surface area contributed by atoms with Crippen molar-refractivity contribution in [2.45, 2.75) is 58.9 Å². The van der Waals surface area contributed by atoms with Crippen molar-refractivity contribution in [3.8, 4) is 0 Å². The lowest BCUT2D eigenvalue weighted by Gasteiger charge is -2.42. The van der Waals surface area contributed by atoms with E-state index in [1.54, 1.807) is 0 Å². The topological polar surface area (TPSA) is 15.3 Å². The average Bonchev–Trinajstić information content (AvgIpc) is 2.29. The molecule has 0 aromatic heterocycles. The molecule has 16 heavy (non-hydrogen) atoms. The van der Waals surface area contributed by atoms with Gasteiger partial charge in [0.25, 0.3) is 0 Å². The van der Waals surface area contributed by atoms with Gasteiger partial charge in [-0.05, 0) is 51.6 Å². The van der Waals surface area contributed by atoms with Gasteiger partial charge in [-0.3, -0.25) is 0 Å². The molecule has 1 fully saturated rings. The minimum Gasteiger partial charge on any atom is -0.316 e. The Bertz CT molecular complexity index is 180. The molecule has 1 aliphatic heterocycles. The van der Waals surface area contributed by atoms with Crippen LogP contribution in [-0.4, -0.2) is 37.6 Å². The van der Waals surface area contributed by atoms with Crippen LogP contribution >= 0.6 is 0 Å². The van der Waals surface area contributed by atoms with E-state index in [1.165, 1.54) is 51.7 Å². The first-order chi connectivity index (χ1) is 7.63. The second-order valence-electron chi connectivity index (χ2n) is 5.70. The van der Waals surface area contributed by atoms with Gasteiger partial charge in [-0.25, -0.2) is 0 Å². The van der Waals surface area contributed by atoms with Crippen LogP contribution < -0.4 is 5.32 Å². The molecule has 2 heteroatoms. The quantitative estimate of drug-likeness (QED) is 0.749. The van der Waals surface area contributed by atoms with Gasteiger partial charge in [0.15, 0.2) is 0 Å². The van der Waals surface area contributed by atoms with Crippen molar-refractivity contribution < 1.29 is 0 Å². The van der Waals surface area contributed by atoms with Crippen LogP contribution in [0, 0.1) is 5.41 Å². The molecule has 0 radical (unpaired) electrons. The predicted molar refractivity (Wildman–Crippen MR) is 71.8 cm³/mol. The molecule has 0 aromatic carbocycles. The second-order valence-corrected chi connectivity index (χ2v) is 5.70. The summed E-state index contributed by atoms with van der Waals surface area (Å²) in [5.74, 6) is 0. The summed E-state index contributed by atoms with van der Waals surface area (Å²) in [5, 5.41) is 3.60. The highest BCUT2D eigenvalue weighted by molar-refractivity contribution is 4.88. The summed E-state index contributed by atoms with van der Waals surface area (Å²) < 4.78 is 0. The number of hydrogen-bond donors (Lipinski definition) is 1. The van der Waals surface area contributed by atoms with Crippen molar-refractivity contribution in [3.63, 3.8) is 0 Å². The Labute approximate surface area is 102 Å². The summed E-state index contributed by atoms with van der Waals surface area (Å²) in [6, 6.07) is 0.718. The Morgan fingerprint density at radius 1 is 1.38 bits per heavy atom. The monoisotopic (exact) mass is 226 g/mol. The van der Waals surface area contributed by atoms with Crippen molar-refractivity contribution in [2.24, 2.45) is 5.41 Å². The zero-order valence-corrected chi connectivity index (χ0v) is 11.7. The van der Waals surface area contributed by atoms with Crippen LogP contribution in [-0.2, 0) is 0 Å². The Morgan fingerprint density at radius 3 is 2.62 bits per heavy atom. The first-order valence-corrected chi connectivity index (χ1v) is 7.04. The van der Waals surface area contributed by atoms with Crippen molar-refractivity contribution >= 4 is 0 Å². The van der Waals surface area contributed by atoms with Gasteiger partial charge in [0.1, 0.15) is 0 Å². The third kappa shape index (κ3) is 3.74. The molecule has 2 unspecified atom stereocenters. The molecular weight excluding hydrogens is 196 g/mol. The van der Waals surface area contributed by atoms with Crippen molar-refractivity contribution in [3.05, 3.63) is 0 Å². The summed E-state index contributed by atoms with van der Waals surface area (Å²) in [6.07, 6.45) is 6.71. The largest absolute Gasteiger partial charge is 0.316 e. The molecule has 0 spiro atoms. The first-order valence-electron chi connectivity index (χ1n) is 7.04. The lowest BCUT2D eigenvalue weighted by molar-refractivity contribution is 0.0994. The Morgan fingerprint density at radius 2 is 2.12 bits per heavy atom. The highest BCUT2D eigenvalue weighted by atomic mass is 15.1. The zero-order chi connectivity index (χ0) is 12.0. The molecular formula is C14H30N2. The van der Waals surface area contributed by atoms with Gasteiger partial charge < -0.3 is 10.2 Å². The molecule has 1 saturated heterocycles. The molecule has 1 rings (SSSR count). The van der Waals surface area contributed by atoms with E-state index in [2.05, 4.69) is 38.0 Å². The van der Waals surface area contributed by atoms with Crippen LogP contribution in [0.2, 0.25) is 0 Å². The molecule has 0 aromatic rings. The number of nitrogens with one attached hydrogen (secondary N) is 1. The van der Waals surface area contributed by atoms with Crippen LogP contribution in [0.5, 0.6) is 0 Å². The smallest absolute Gasteiger partial charge is 0.00614 e. The molecule has 0 aliphatic carbocycles. The first kappa shape index (κ1) is 14.0. The van der Waals surface area contributed by atoms with Gasteiger partial charge in [-0.2, -0.15) is 0 Å². The van der Waals surface area contributed by atoms with Crippen molar-refractivity contribution in [1.82, 2.24) is 10.2 Å². The van der Waals surface area contributed by atoms with Gasteiger partial charge >= 0.3 is 0 Å². The minimum absolute atomic E-state index is 0.547. The number of nitrogens with zero attached hydrogens (tertiary/aromatic N) is 1. The molecule has 1 N–H and O–H groups in total. The number of hydrogen-bond acceptors (Lipinski definition) is 2. The van der Waals surface area contributed by atoms with Gasteiger partial charge in [0, 0.05) is 19.1 Å². The highest BCUT2D eigenvalue weighted by Gasteiger charge is 2.32. The van der Waals surface area contributed by atoms with Crippen LogP contribution in [0.4, 0.5) is 0 Å². The third-order valence-electron chi connectivity index (χ3n) is 4.27.